The summed E-state index contributed by atoms with van der Waals surface area (Å²) in [6, 6.07) is 8.59. The highest BCUT2D eigenvalue weighted by molar-refractivity contribution is 6.23. The molecule has 0 amide bonds. The van der Waals surface area contributed by atoms with Crippen molar-refractivity contribution in [3.05, 3.63) is 58.7 Å². The highest BCUT2D eigenvalue weighted by Crippen LogP contribution is 2.41. The fourth-order valence-electron chi connectivity index (χ4n) is 2.73. The molecular weight excluding hydrogens is 300 g/mol. The van der Waals surface area contributed by atoms with Gasteiger partial charge in [0.25, 0.3) is 0 Å². The topological polar surface area (TPSA) is 0 Å². The molecule has 3 rings (SSSR count). The van der Waals surface area contributed by atoms with Crippen LogP contribution >= 0.6 is 11.6 Å². The fourth-order valence-corrected chi connectivity index (χ4v) is 3.17. The van der Waals surface area contributed by atoms with Crippen LogP contribution in [-0.4, -0.2) is 0 Å². The molecule has 128 valence electrons. The zero-order valence-corrected chi connectivity index (χ0v) is 16.3. The number of benzene rings is 1. The molecule has 0 heterocycles. The summed E-state index contributed by atoms with van der Waals surface area (Å²) in [6.45, 7) is 10.6. The third kappa shape index (κ3) is 5.84. The van der Waals surface area contributed by atoms with Gasteiger partial charge in [-0.3, -0.25) is 0 Å². The van der Waals surface area contributed by atoms with E-state index in [0.29, 0.717) is 0 Å². The van der Waals surface area contributed by atoms with Gasteiger partial charge in [-0.05, 0) is 48.3 Å². The first kappa shape index (κ1) is 20.0. The van der Waals surface area contributed by atoms with Gasteiger partial charge < -0.3 is 0 Å². The maximum absolute atomic E-state index is 6.62. The van der Waals surface area contributed by atoms with E-state index in [1.807, 2.05) is 13.8 Å². The number of aryl methyl sites for hydroxylation is 1. The van der Waals surface area contributed by atoms with Gasteiger partial charge in [0.2, 0.25) is 0 Å². The average Bonchev–Trinajstić information content (AvgIpc) is 2.75. The van der Waals surface area contributed by atoms with Crippen LogP contribution in [0.5, 0.6) is 0 Å². The van der Waals surface area contributed by atoms with Crippen LogP contribution in [0.1, 0.15) is 76.8 Å². The predicted octanol–water partition coefficient (Wildman–Crippen LogP) is 7.64. The number of fused-ring (bicyclic) bond motifs is 1. The molecule has 2 aliphatic carbocycles. The van der Waals surface area contributed by atoms with Gasteiger partial charge >= 0.3 is 0 Å². The van der Waals surface area contributed by atoms with Crippen LogP contribution in [0.4, 0.5) is 0 Å². The van der Waals surface area contributed by atoms with Crippen LogP contribution in [0.15, 0.2) is 47.6 Å². The molecule has 0 saturated heterocycles. The van der Waals surface area contributed by atoms with Crippen molar-refractivity contribution in [2.45, 2.75) is 72.1 Å². The monoisotopic (exact) mass is 332 g/mol. The van der Waals surface area contributed by atoms with Crippen molar-refractivity contribution in [3.63, 3.8) is 0 Å². The van der Waals surface area contributed by atoms with E-state index in [1.54, 1.807) is 5.57 Å². The lowest BCUT2D eigenvalue weighted by molar-refractivity contribution is 0.626. The Hall–Kier alpha value is -1.01. The first-order valence-corrected chi connectivity index (χ1v) is 9.67. The van der Waals surface area contributed by atoms with E-state index in [1.165, 1.54) is 42.4 Å². The summed E-state index contributed by atoms with van der Waals surface area (Å²) < 4.78 is 0. The third-order valence-electron chi connectivity index (χ3n) is 4.43. The highest BCUT2D eigenvalue weighted by atomic mass is 35.5. The summed E-state index contributed by atoms with van der Waals surface area (Å²) in [4.78, 5) is 0. The molecule has 0 N–H and O–H groups in total. The lowest BCUT2D eigenvalue weighted by Gasteiger charge is -2.17. The molecule has 1 aromatic carbocycles. The molecule has 0 radical (unpaired) electrons. The molecule has 23 heavy (non-hydrogen) atoms. The molecule has 0 spiro atoms. The Labute approximate surface area is 148 Å². The largest absolute Gasteiger partial charge is 0.113 e. The van der Waals surface area contributed by atoms with Gasteiger partial charge in [0.05, 0.1) is 5.38 Å². The molecule has 2 aliphatic rings. The first-order chi connectivity index (χ1) is 11.1. The number of hydrogen-bond acceptors (Lipinski definition) is 0. The van der Waals surface area contributed by atoms with E-state index in [0.717, 1.165) is 12.3 Å². The maximum atomic E-state index is 6.62. The molecule has 0 saturated carbocycles. The van der Waals surface area contributed by atoms with Gasteiger partial charge in [0.1, 0.15) is 0 Å². The minimum absolute atomic E-state index is 0.0604. The summed E-state index contributed by atoms with van der Waals surface area (Å²) in [6.07, 6.45) is 10.5. The van der Waals surface area contributed by atoms with Crippen molar-refractivity contribution >= 4 is 11.6 Å². The number of hydrogen-bond donors (Lipinski definition) is 0. The third-order valence-corrected chi connectivity index (χ3v) is 4.90. The van der Waals surface area contributed by atoms with Gasteiger partial charge in [-0.1, -0.05) is 83.0 Å². The molecule has 1 heteroatoms. The summed E-state index contributed by atoms with van der Waals surface area (Å²) in [7, 11) is 0. The predicted molar refractivity (Wildman–Crippen MR) is 105 cm³/mol. The van der Waals surface area contributed by atoms with Gasteiger partial charge in [-0.2, -0.15) is 0 Å². The van der Waals surface area contributed by atoms with Crippen molar-refractivity contribution in [2.75, 3.05) is 0 Å². The van der Waals surface area contributed by atoms with Crippen LogP contribution in [0.2, 0.25) is 0 Å². The zero-order chi connectivity index (χ0) is 17.2. The second kappa shape index (κ2) is 10.7. The normalized spacial score (nSPS) is 18.8. The van der Waals surface area contributed by atoms with Crippen LogP contribution in [0, 0.1) is 5.92 Å². The van der Waals surface area contributed by atoms with Crippen molar-refractivity contribution in [1.29, 1.82) is 0 Å². The zero-order valence-electron chi connectivity index (χ0n) is 15.5. The molecule has 0 aromatic heterocycles. The first-order valence-electron chi connectivity index (χ1n) is 9.23. The molecule has 0 fully saturated rings. The van der Waals surface area contributed by atoms with Crippen LogP contribution in [0.3, 0.4) is 0 Å². The molecule has 0 aliphatic heterocycles. The second-order valence-corrected chi connectivity index (χ2v) is 6.80. The Morgan fingerprint density at radius 1 is 1.09 bits per heavy atom. The minimum atomic E-state index is 0.0604. The Morgan fingerprint density at radius 2 is 1.74 bits per heavy atom. The van der Waals surface area contributed by atoms with Gasteiger partial charge in [-0.25, -0.2) is 0 Å². The standard InChI is InChI=1S/C15H15Cl.C5H12.C2H6/c16-15-13-7-3-1-5-11(13)9-10-12-6-2-4-8-14(12)15;1-4-5(2)3;1-2/h1,3-5,7-8,15H,2,6,9-10H2;5H,4H2,1-3H3;1-2H3. The van der Waals surface area contributed by atoms with Gasteiger partial charge in [0, 0.05) is 0 Å². The van der Waals surface area contributed by atoms with Crippen LogP contribution < -0.4 is 0 Å². The smallest absolute Gasteiger partial charge is 0.0837 e. The van der Waals surface area contributed by atoms with E-state index in [-0.39, 0.29) is 5.38 Å². The van der Waals surface area contributed by atoms with Crippen LogP contribution in [-0.2, 0) is 6.42 Å². The second-order valence-electron chi connectivity index (χ2n) is 6.36. The Balaban J connectivity index is 0.000000327. The van der Waals surface area contributed by atoms with Crippen molar-refractivity contribution in [3.8, 4) is 0 Å². The fraction of sp³-hybridized carbons (Fsp3) is 0.545. The number of rotatable bonds is 1. The lowest BCUT2D eigenvalue weighted by Crippen LogP contribution is -1.99. The van der Waals surface area contributed by atoms with Crippen molar-refractivity contribution < 1.29 is 0 Å². The molecule has 1 unspecified atom stereocenters. The van der Waals surface area contributed by atoms with E-state index in [2.05, 4.69) is 57.2 Å². The summed E-state index contributed by atoms with van der Waals surface area (Å²) in [5.74, 6) is 0.884. The van der Waals surface area contributed by atoms with E-state index >= 15 is 0 Å². The van der Waals surface area contributed by atoms with E-state index in [9.17, 15) is 0 Å². The van der Waals surface area contributed by atoms with Gasteiger partial charge in [0.15, 0.2) is 0 Å². The van der Waals surface area contributed by atoms with Crippen molar-refractivity contribution in [2.24, 2.45) is 5.92 Å². The Kier molecular flexibility index (Phi) is 9.33. The lowest BCUT2D eigenvalue weighted by atomic mass is 9.93. The molecule has 1 atom stereocenters. The minimum Gasteiger partial charge on any atom is -0.113 e. The van der Waals surface area contributed by atoms with Gasteiger partial charge in [-0.15, -0.1) is 11.6 Å². The molecule has 0 bridgehead atoms. The Bertz CT molecular complexity index is 523. The van der Waals surface area contributed by atoms with E-state index in [4.69, 9.17) is 11.6 Å². The SMILES string of the molecule is CC.CCC(C)C.ClC1C2=C(CCC=C2)CCc2ccccc21. The number of allylic oxidation sites excluding steroid dienone is 4. The summed E-state index contributed by atoms with van der Waals surface area (Å²) in [5.41, 5.74) is 5.66. The molecular formula is C22H33Cl. The Morgan fingerprint density at radius 3 is 2.39 bits per heavy atom. The molecule has 1 aromatic rings. The van der Waals surface area contributed by atoms with Crippen molar-refractivity contribution in [1.82, 2.24) is 0 Å². The maximum Gasteiger partial charge on any atom is 0.0837 e. The quantitative estimate of drug-likeness (QED) is 0.463. The summed E-state index contributed by atoms with van der Waals surface area (Å²) in [5, 5.41) is 0.0604. The van der Waals surface area contributed by atoms with E-state index < -0.39 is 0 Å². The average molecular weight is 333 g/mol. The highest BCUT2D eigenvalue weighted by Gasteiger charge is 2.23. The number of halogens is 1. The summed E-state index contributed by atoms with van der Waals surface area (Å²) >= 11 is 6.62. The number of alkyl halides is 1. The van der Waals surface area contributed by atoms with Crippen LogP contribution in [0.25, 0.3) is 0 Å². The molecule has 0 nitrogen and oxygen atoms in total.